The molecule has 0 bridgehead atoms. The Morgan fingerprint density at radius 1 is 1.13 bits per heavy atom. The minimum Gasteiger partial charge on any atom is -0.509 e. The van der Waals surface area contributed by atoms with Crippen LogP contribution >= 0.6 is 0 Å². The predicted molar refractivity (Wildman–Crippen MR) is 90.6 cm³/mol. The largest absolute Gasteiger partial charge is 0.509 e. The molecule has 1 aromatic heterocycles. The maximum Gasteiger partial charge on any atom is 0.399 e. The van der Waals surface area contributed by atoms with Crippen LogP contribution in [-0.4, -0.2) is 22.5 Å². The number of hydrogen-bond donors (Lipinski definition) is 1. The molecule has 1 aromatic carbocycles. The van der Waals surface area contributed by atoms with Crippen molar-refractivity contribution < 1.29 is 60.7 Å². The normalized spacial score (nSPS) is 11.8. The number of rotatable bonds is 3. The molecule has 0 aliphatic carbocycles. The Kier molecular flexibility index (Phi) is 10.4. The van der Waals surface area contributed by atoms with Crippen LogP contribution in [0.25, 0.3) is 11.3 Å². The number of aryl methyl sites for hydroxylation is 1. The molecule has 1 radical (unpaired) electrons. The average Bonchev–Trinajstić information content (AvgIpc) is 2.60. The van der Waals surface area contributed by atoms with E-state index in [0.717, 1.165) is 6.08 Å². The molecule has 0 unspecified atom stereocenters. The van der Waals surface area contributed by atoms with E-state index in [2.05, 4.69) is 4.98 Å². The summed E-state index contributed by atoms with van der Waals surface area (Å²) in [5.74, 6) is -0.863. The smallest absolute Gasteiger partial charge is 0.399 e. The van der Waals surface area contributed by atoms with E-state index in [0.29, 0.717) is 11.6 Å². The van der Waals surface area contributed by atoms with Crippen LogP contribution in [0.4, 0.5) is 30.7 Å². The van der Waals surface area contributed by atoms with Gasteiger partial charge >= 0.3 is 12.4 Å². The molecule has 0 amide bonds. The van der Waals surface area contributed by atoms with Crippen LogP contribution < -0.4 is 0 Å². The van der Waals surface area contributed by atoms with Crippen molar-refractivity contribution in [2.75, 3.05) is 6.67 Å². The molecule has 0 spiro atoms. The number of carbonyl (C=O) groups excluding carboxylic acids is 1. The molecule has 0 saturated carbocycles. The number of benzene rings is 1. The average molecular weight is 615 g/mol. The number of halogens is 7. The summed E-state index contributed by atoms with van der Waals surface area (Å²) in [6.45, 7) is 1.93. The van der Waals surface area contributed by atoms with E-state index in [-0.39, 0.29) is 43.2 Å². The van der Waals surface area contributed by atoms with Gasteiger partial charge in [-0.25, -0.2) is 4.39 Å². The maximum atomic E-state index is 12.7. The van der Waals surface area contributed by atoms with E-state index >= 15 is 0 Å². The van der Waals surface area contributed by atoms with E-state index in [4.69, 9.17) is 5.11 Å². The van der Waals surface area contributed by atoms with Crippen LogP contribution in [0.2, 0.25) is 0 Å². The van der Waals surface area contributed by atoms with E-state index in [9.17, 15) is 35.5 Å². The molecule has 0 saturated heterocycles. The third-order valence-corrected chi connectivity index (χ3v) is 3.20. The first-order chi connectivity index (χ1) is 13.2. The molecule has 3 nitrogen and oxygen atoms in total. The number of hydrogen-bond acceptors (Lipinski definition) is 3. The Labute approximate surface area is 181 Å². The SMILES string of the molecule is CC(=O)/C=C(\O)CF.Cc1ccnc(-c2[c-]c(C(F)(F)F)cc(C(F)(F)F)c2)c1.[Ir]. The molecule has 2 aromatic rings. The van der Waals surface area contributed by atoms with Gasteiger partial charge in [0.1, 0.15) is 12.4 Å². The molecule has 0 aliphatic heterocycles. The van der Waals surface area contributed by atoms with E-state index in [1.54, 1.807) is 13.0 Å². The number of pyridine rings is 1. The van der Waals surface area contributed by atoms with Crippen molar-refractivity contribution in [2.24, 2.45) is 0 Å². The maximum absolute atomic E-state index is 12.7. The summed E-state index contributed by atoms with van der Waals surface area (Å²) >= 11 is 0. The number of allylic oxidation sites excluding steroid dienone is 2. The zero-order chi connectivity index (χ0) is 22.4. The molecular weight excluding hydrogens is 599 g/mol. The van der Waals surface area contributed by atoms with Gasteiger partial charge in [0.05, 0.1) is 0 Å². The van der Waals surface area contributed by atoms with E-state index in [1.165, 1.54) is 19.2 Å². The second-order valence-electron chi connectivity index (χ2n) is 5.79. The molecule has 11 heteroatoms. The standard InChI is InChI=1S/C14H8F6N.C5H7FO2.Ir/c1-8-2-3-21-12(4-8)9-5-10(13(15,16)17)7-11(6-9)14(18,19)20;1-4(7)2-5(8)3-6;/h2-5,7H,1H3;2,8H,3H2,1H3;/q-1;;/b;5-2-;. The van der Waals surface area contributed by atoms with Gasteiger partial charge in [-0.1, -0.05) is 11.6 Å². The molecule has 167 valence electrons. The molecule has 0 atom stereocenters. The topological polar surface area (TPSA) is 50.2 Å². The Hall–Kier alpha value is -2.26. The number of aromatic nitrogens is 1. The van der Waals surface area contributed by atoms with Crippen LogP contribution in [0.1, 0.15) is 23.6 Å². The fraction of sp³-hybridized carbons (Fsp3) is 0.263. The van der Waals surface area contributed by atoms with Crippen LogP contribution in [0.3, 0.4) is 0 Å². The van der Waals surface area contributed by atoms with Crippen molar-refractivity contribution in [3.8, 4) is 11.3 Å². The quantitative estimate of drug-likeness (QED) is 0.204. The van der Waals surface area contributed by atoms with Gasteiger partial charge in [-0.15, -0.1) is 23.8 Å². The molecule has 1 N–H and O–H groups in total. The predicted octanol–water partition coefficient (Wildman–Crippen LogP) is 5.88. The van der Waals surface area contributed by atoms with Gasteiger partial charge in [0.25, 0.3) is 0 Å². The second kappa shape index (κ2) is 11.2. The summed E-state index contributed by atoms with van der Waals surface area (Å²) in [5, 5.41) is 8.29. The Balaban J connectivity index is 0.000000801. The Bertz CT molecular complexity index is 861. The summed E-state index contributed by atoms with van der Waals surface area (Å²) in [6, 6.07) is 5.58. The van der Waals surface area contributed by atoms with Gasteiger partial charge in [-0.05, 0) is 36.7 Å². The summed E-state index contributed by atoms with van der Waals surface area (Å²) < 4.78 is 87.6. The first-order valence-corrected chi connectivity index (χ1v) is 7.85. The first-order valence-electron chi connectivity index (χ1n) is 7.85. The summed E-state index contributed by atoms with van der Waals surface area (Å²) in [5.41, 5.74) is -2.53. The Morgan fingerprint density at radius 2 is 1.73 bits per heavy atom. The summed E-state index contributed by atoms with van der Waals surface area (Å²) in [6.07, 6.45) is -7.64. The number of ketones is 1. The van der Waals surface area contributed by atoms with Crippen LogP contribution in [0, 0.1) is 13.0 Å². The van der Waals surface area contributed by atoms with Crippen LogP contribution in [0.15, 0.2) is 42.3 Å². The Morgan fingerprint density at radius 3 is 2.13 bits per heavy atom. The molecule has 1 heterocycles. The summed E-state index contributed by atoms with van der Waals surface area (Å²) in [7, 11) is 0. The van der Waals surface area contributed by atoms with Crippen molar-refractivity contribution in [3.63, 3.8) is 0 Å². The molecule has 0 aliphatic rings. The van der Waals surface area contributed by atoms with Crippen molar-refractivity contribution in [1.29, 1.82) is 0 Å². The van der Waals surface area contributed by atoms with Crippen molar-refractivity contribution in [3.05, 3.63) is 65.1 Å². The van der Waals surface area contributed by atoms with Gasteiger partial charge < -0.3 is 10.1 Å². The van der Waals surface area contributed by atoms with Gasteiger partial charge in [-0.2, -0.15) is 26.3 Å². The van der Waals surface area contributed by atoms with Crippen molar-refractivity contribution in [2.45, 2.75) is 26.2 Å². The summed E-state index contributed by atoms with van der Waals surface area (Å²) in [4.78, 5) is 13.8. The van der Waals surface area contributed by atoms with Crippen LogP contribution in [0.5, 0.6) is 0 Å². The molecule has 0 fully saturated rings. The van der Waals surface area contributed by atoms with E-state index in [1.807, 2.05) is 6.07 Å². The first kappa shape index (κ1) is 27.7. The number of carbonyl (C=O) groups is 1. The number of aliphatic hydroxyl groups is 1. The minimum atomic E-state index is -4.92. The van der Waals surface area contributed by atoms with Gasteiger partial charge in [0, 0.05) is 32.4 Å². The van der Waals surface area contributed by atoms with Gasteiger partial charge in [-0.3, -0.25) is 4.79 Å². The van der Waals surface area contributed by atoms with E-state index < -0.39 is 35.9 Å². The fourth-order valence-corrected chi connectivity index (χ4v) is 1.98. The monoisotopic (exact) mass is 615 g/mol. The van der Waals surface area contributed by atoms with Crippen LogP contribution in [-0.2, 0) is 37.3 Å². The van der Waals surface area contributed by atoms with Crippen molar-refractivity contribution in [1.82, 2.24) is 4.98 Å². The number of aliphatic hydroxyl groups excluding tert-OH is 1. The third-order valence-electron chi connectivity index (χ3n) is 3.20. The fourth-order valence-electron chi connectivity index (χ4n) is 1.98. The minimum absolute atomic E-state index is 0. The number of alkyl halides is 7. The molecule has 30 heavy (non-hydrogen) atoms. The van der Waals surface area contributed by atoms with Gasteiger partial charge in [0.15, 0.2) is 5.78 Å². The third kappa shape index (κ3) is 9.04. The van der Waals surface area contributed by atoms with Gasteiger partial charge in [0.2, 0.25) is 0 Å². The zero-order valence-corrected chi connectivity index (χ0v) is 17.8. The van der Waals surface area contributed by atoms with Crippen molar-refractivity contribution >= 4 is 5.78 Å². The second-order valence-corrected chi connectivity index (χ2v) is 5.79. The number of nitrogens with zero attached hydrogens (tertiary/aromatic N) is 1. The molecular formula is C19H15F7IrNO2-. The zero-order valence-electron chi connectivity index (χ0n) is 15.5. The molecule has 2 rings (SSSR count).